The first-order valence-electron chi connectivity index (χ1n) is 8.46. The van der Waals surface area contributed by atoms with E-state index in [2.05, 4.69) is 25.6 Å². The topological polar surface area (TPSA) is 252 Å². The second kappa shape index (κ2) is 8.91. The van der Waals surface area contributed by atoms with Crippen molar-refractivity contribution < 1.29 is 38.9 Å². The van der Waals surface area contributed by atoms with Crippen molar-refractivity contribution in [2.24, 2.45) is 0 Å². The molecule has 0 aliphatic rings. The minimum absolute atomic E-state index is 0.158. The highest BCUT2D eigenvalue weighted by Crippen LogP contribution is 2.28. The van der Waals surface area contributed by atoms with Gasteiger partial charge in [0.05, 0.1) is 16.3 Å². The molecule has 0 saturated heterocycles. The maximum atomic E-state index is 11.6. The van der Waals surface area contributed by atoms with Gasteiger partial charge in [0.1, 0.15) is 9.79 Å². The van der Waals surface area contributed by atoms with E-state index >= 15 is 0 Å². The summed E-state index contributed by atoms with van der Waals surface area (Å²) in [6.07, 6.45) is 0. The van der Waals surface area contributed by atoms with Crippen molar-refractivity contribution in [2.45, 2.75) is 14.7 Å². The molecule has 7 N–H and O–H groups in total. The summed E-state index contributed by atoms with van der Waals surface area (Å²) in [4.78, 5) is 9.41. The lowest BCUT2D eigenvalue weighted by molar-refractivity contribution is 0.479. The first-order valence-corrected chi connectivity index (χ1v) is 13.2. The molecule has 3 aromatic rings. The van der Waals surface area contributed by atoms with Gasteiger partial charge in [0, 0.05) is 5.69 Å². The second-order valence-corrected chi connectivity index (χ2v) is 10.9. The lowest BCUT2D eigenvalue weighted by Crippen LogP contribution is -2.09. The summed E-state index contributed by atoms with van der Waals surface area (Å²) in [7, 11) is -14.1. The highest BCUT2D eigenvalue weighted by atomic mass is 35.5. The van der Waals surface area contributed by atoms with Gasteiger partial charge < -0.3 is 16.4 Å². The van der Waals surface area contributed by atoms with Crippen LogP contribution in [-0.2, 0) is 30.4 Å². The standard InChI is InChI=1S/C15H13ClN6O9S3/c16-13-20-14(18-7-1-3-11(9(17)5-7)33(26,27)28)22-15(21-13)19-10-6-8(32(23,24)25)2-4-12(10)34(29,30)31/h1-6H,17H2,(H,23,24,25)(H,26,27,28)(H,29,30,31)(H2,18,19,20,21,22). The number of nitrogens with zero attached hydrogens (tertiary/aromatic N) is 3. The number of aromatic nitrogens is 3. The number of nitrogens with one attached hydrogen (secondary N) is 2. The maximum Gasteiger partial charge on any atom is 0.296 e. The first kappa shape index (κ1) is 25.5. The lowest BCUT2D eigenvalue weighted by atomic mass is 10.3. The molecule has 15 nitrogen and oxygen atoms in total. The summed E-state index contributed by atoms with van der Waals surface area (Å²) in [5.41, 5.74) is 4.95. The van der Waals surface area contributed by atoms with Crippen molar-refractivity contribution >= 4 is 70.9 Å². The van der Waals surface area contributed by atoms with Crippen molar-refractivity contribution in [2.75, 3.05) is 16.4 Å². The van der Waals surface area contributed by atoms with Gasteiger partial charge in [0.25, 0.3) is 30.4 Å². The zero-order valence-corrected chi connectivity index (χ0v) is 19.5. The predicted molar refractivity (Wildman–Crippen MR) is 118 cm³/mol. The van der Waals surface area contributed by atoms with Crippen LogP contribution in [0.1, 0.15) is 0 Å². The third-order valence-corrected chi connectivity index (χ3v) is 6.78. The molecule has 3 rings (SSSR count). The van der Waals surface area contributed by atoms with Gasteiger partial charge in [-0.05, 0) is 48.0 Å². The normalized spacial score (nSPS) is 12.4. The average Bonchev–Trinajstić information content (AvgIpc) is 2.65. The number of anilines is 5. The van der Waals surface area contributed by atoms with Gasteiger partial charge in [-0.2, -0.15) is 40.2 Å². The molecule has 0 aliphatic carbocycles. The second-order valence-electron chi connectivity index (χ2n) is 6.34. The van der Waals surface area contributed by atoms with Gasteiger partial charge in [-0.15, -0.1) is 0 Å². The Hall–Kier alpha value is -3.13. The maximum absolute atomic E-state index is 11.6. The molecule has 0 saturated carbocycles. The molecule has 0 unspecified atom stereocenters. The molecule has 1 heterocycles. The Labute approximate surface area is 197 Å². The highest BCUT2D eigenvalue weighted by molar-refractivity contribution is 7.86. The molecule has 182 valence electrons. The van der Waals surface area contributed by atoms with E-state index in [9.17, 15) is 34.4 Å². The Morgan fingerprint density at radius 3 is 1.82 bits per heavy atom. The van der Waals surface area contributed by atoms with Crippen LogP contribution in [0.25, 0.3) is 0 Å². The van der Waals surface area contributed by atoms with Gasteiger partial charge in [-0.3, -0.25) is 13.7 Å². The monoisotopic (exact) mass is 552 g/mol. The van der Waals surface area contributed by atoms with Crippen LogP contribution in [0.4, 0.5) is 29.0 Å². The fraction of sp³-hybridized carbons (Fsp3) is 0. The fourth-order valence-corrected chi connectivity index (χ4v) is 4.46. The molecule has 0 bridgehead atoms. The zero-order chi connectivity index (χ0) is 25.5. The number of benzene rings is 2. The summed E-state index contributed by atoms with van der Waals surface area (Å²) in [5.74, 6) is -0.664. The molecule has 0 amide bonds. The summed E-state index contributed by atoms with van der Waals surface area (Å²) in [6.45, 7) is 0. The summed E-state index contributed by atoms with van der Waals surface area (Å²) >= 11 is 5.85. The Bertz CT molecular complexity index is 1610. The van der Waals surface area contributed by atoms with Crippen LogP contribution in [0.15, 0.2) is 51.1 Å². The smallest absolute Gasteiger partial charge is 0.296 e. The van der Waals surface area contributed by atoms with Crippen LogP contribution in [-0.4, -0.2) is 53.9 Å². The van der Waals surface area contributed by atoms with Gasteiger partial charge in [0.15, 0.2) is 0 Å². The van der Waals surface area contributed by atoms with E-state index in [1.807, 2.05) is 0 Å². The Balaban J connectivity index is 2.00. The Morgan fingerprint density at radius 1 is 0.735 bits per heavy atom. The molecular weight excluding hydrogens is 540 g/mol. The summed E-state index contributed by atoms with van der Waals surface area (Å²) in [6, 6.07) is 5.54. The Morgan fingerprint density at radius 2 is 1.29 bits per heavy atom. The van der Waals surface area contributed by atoms with Gasteiger partial charge >= 0.3 is 0 Å². The largest absolute Gasteiger partial charge is 0.398 e. The molecule has 0 radical (unpaired) electrons. The van der Waals surface area contributed by atoms with Crippen molar-refractivity contribution in [3.63, 3.8) is 0 Å². The minimum atomic E-state index is -4.85. The van der Waals surface area contributed by atoms with Crippen LogP contribution >= 0.6 is 11.6 Å². The highest BCUT2D eigenvalue weighted by Gasteiger charge is 2.21. The van der Waals surface area contributed by atoms with Crippen LogP contribution < -0.4 is 16.4 Å². The van der Waals surface area contributed by atoms with E-state index in [1.54, 1.807) is 0 Å². The average molecular weight is 553 g/mol. The molecule has 34 heavy (non-hydrogen) atoms. The van der Waals surface area contributed by atoms with Crippen LogP contribution in [0.5, 0.6) is 0 Å². The summed E-state index contributed by atoms with van der Waals surface area (Å²) < 4.78 is 96.3. The number of halogens is 1. The molecule has 2 aromatic carbocycles. The minimum Gasteiger partial charge on any atom is -0.398 e. The molecular formula is C15H13ClN6O9S3. The van der Waals surface area contributed by atoms with Crippen molar-refractivity contribution in [1.82, 2.24) is 15.0 Å². The summed E-state index contributed by atoms with van der Waals surface area (Å²) in [5, 5.41) is 4.57. The SMILES string of the molecule is Nc1cc(Nc2nc(Cl)nc(Nc3cc(S(=O)(=O)O)ccc3S(=O)(=O)O)n2)ccc1S(=O)(=O)O. The quantitative estimate of drug-likeness (QED) is 0.178. The molecule has 0 spiro atoms. The van der Waals surface area contributed by atoms with Crippen LogP contribution in [0, 0.1) is 0 Å². The predicted octanol–water partition coefficient (Wildman–Crippen LogP) is 1.33. The van der Waals surface area contributed by atoms with E-state index in [0.717, 1.165) is 24.3 Å². The third kappa shape index (κ3) is 6.05. The van der Waals surface area contributed by atoms with Gasteiger partial charge in [0.2, 0.25) is 17.2 Å². The van der Waals surface area contributed by atoms with E-state index < -0.39 is 62.0 Å². The van der Waals surface area contributed by atoms with E-state index in [1.165, 1.54) is 6.07 Å². The van der Waals surface area contributed by atoms with Crippen molar-refractivity contribution in [3.05, 3.63) is 41.7 Å². The van der Waals surface area contributed by atoms with Crippen LogP contribution in [0.3, 0.4) is 0 Å². The first-order chi connectivity index (χ1) is 15.5. The van der Waals surface area contributed by atoms with E-state index in [4.69, 9.17) is 21.9 Å². The van der Waals surface area contributed by atoms with Crippen molar-refractivity contribution in [1.29, 1.82) is 0 Å². The van der Waals surface area contributed by atoms with E-state index in [0.29, 0.717) is 6.07 Å². The Kier molecular flexibility index (Phi) is 6.68. The number of nitrogen functional groups attached to an aromatic ring is 1. The number of nitrogens with two attached hydrogens (primary N) is 1. The number of rotatable bonds is 7. The molecule has 0 fully saturated rings. The molecule has 1 aromatic heterocycles. The molecule has 0 aliphatic heterocycles. The van der Waals surface area contributed by atoms with Gasteiger partial charge in [-0.25, -0.2) is 0 Å². The number of hydrogen-bond acceptors (Lipinski definition) is 12. The number of hydrogen-bond donors (Lipinski definition) is 6. The third-order valence-electron chi connectivity index (χ3n) is 3.93. The van der Waals surface area contributed by atoms with Gasteiger partial charge in [-0.1, -0.05) is 0 Å². The fourth-order valence-electron chi connectivity index (χ4n) is 2.56. The van der Waals surface area contributed by atoms with Crippen LogP contribution in [0.2, 0.25) is 5.28 Å². The van der Waals surface area contributed by atoms with E-state index in [-0.39, 0.29) is 17.3 Å². The lowest BCUT2D eigenvalue weighted by Gasteiger charge is -2.12. The van der Waals surface area contributed by atoms with Crippen molar-refractivity contribution in [3.8, 4) is 0 Å². The zero-order valence-electron chi connectivity index (χ0n) is 16.3. The molecule has 0 atom stereocenters. The molecule has 19 heteroatoms.